The zero-order valence-electron chi connectivity index (χ0n) is 11.8. The average molecular weight is 340 g/mol. The van der Waals surface area contributed by atoms with Crippen LogP contribution in [0.15, 0.2) is 22.9 Å². The van der Waals surface area contributed by atoms with E-state index in [0.717, 1.165) is 10.0 Å². The Labute approximate surface area is 126 Å². The van der Waals surface area contributed by atoms with Crippen molar-refractivity contribution in [3.8, 4) is 0 Å². The standard InChI is InChI=1S/C14H18BrN3O2/c1-14(2,3)12-13(20)18(8-11(19)17-12)7-9-4-10(15)6-16-5-9/h4-6,12H,7-8H2,1-3H3,(H,17,19). The third kappa shape index (κ3) is 3.36. The molecule has 1 saturated heterocycles. The van der Waals surface area contributed by atoms with Gasteiger partial charge in [-0.25, -0.2) is 0 Å². The molecule has 1 N–H and O–H groups in total. The molecule has 0 spiro atoms. The van der Waals surface area contributed by atoms with Crippen LogP contribution < -0.4 is 5.32 Å². The molecule has 0 bridgehead atoms. The number of hydrogen-bond acceptors (Lipinski definition) is 3. The van der Waals surface area contributed by atoms with Gasteiger partial charge in [-0.05, 0) is 33.0 Å². The van der Waals surface area contributed by atoms with Crippen LogP contribution in [0.3, 0.4) is 0 Å². The first-order chi connectivity index (χ1) is 9.27. The minimum Gasteiger partial charge on any atom is -0.342 e. The van der Waals surface area contributed by atoms with E-state index in [0.29, 0.717) is 6.54 Å². The van der Waals surface area contributed by atoms with Gasteiger partial charge in [-0.3, -0.25) is 14.6 Å². The van der Waals surface area contributed by atoms with Gasteiger partial charge < -0.3 is 10.2 Å². The summed E-state index contributed by atoms with van der Waals surface area (Å²) < 4.78 is 0.858. The lowest BCUT2D eigenvalue weighted by Crippen LogP contribution is -2.61. The smallest absolute Gasteiger partial charge is 0.246 e. The van der Waals surface area contributed by atoms with Crippen molar-refractivity contribution in [1.82, 2.24) is 15.2 Å². The number of carbonyl (C=O) groups excluding carboxylic acids is 2. The zero-order valence-corrected chi connectivity index (χ0v) is 13.4. The maximum absolute atomic E-state index is 12.5. The van der Waals surface area contributed by atoms with E-state index < -0.39 is 6.04 Å². The minimum atomic E-state index is -0.483. The normalized spacial score (nSPS) is 20.0. The third-order valence-electron chi connectivity index (χ3n) is 3.20. The SMILES string of the molecule is CC(C)(C)C1NC(=O)CN(Cc2cncc(Br)c2)C1=O. The van der Waals surface area contributed by atoms with Crippen molar-refractivity contribution in [3.05, 3.63) is 28.5 Å². The molecule has 20 heavy (non-hydrogen) atoms. The largest absolute Gasteiger partial charge is 0.342 e. The van der Waals surface area contributed by atoms with Gasteiger partial charge in [0.25, 0.3) is 0 Å². The molecule has 1 aromatic heterocycles. The molecule has 6 heteroatoms. The van der Waals surface area contributed by atoms with Crippen molar-refractivity contribution < 1.29 is 9.59 Å². The molecule has 0 radical (unpaired) electrons. The van der Waals surface area contributed by atoms with Crippen molar-refractivity contribution in [2.24, 2.45) is 5.41 Å². The van der Waals surface area contributed by atoms with Gasteiger partial charge in [-0.2, -0.15) is 0 Å². The van der Waals surface area contributed by atoms with Gasteiger partial charge >= 0.3 is 0 Å². The molecule has 1 aliphatic heterocycles. The second-order valence-electron chi connectivity index (χ2n) is 6.07. The van der Waals surface area contributed by atoms with Crippen LogP contribution >= 0.6 is 15.9 Å². The molecule has 0 aliphatic carbocycles. The molecular weight excluding hydrogens is 322 g/mol. The first-order valence-corrected chi connectivity index (χ1v) is 7.24. The van der Waals surface area contributed by atoms with Gasteiger partial charge in [-0.15, -0.1) is 0 Å². The summed E-state index contributed by atoms with van der Waals surface area (Å²) in [6.07, 6.45) is 3.39. The van der Waals surface area contributed by atoms with E-state index in [1.165, 1.54) is 0 Å². The molecular formula is C14H18BrN3O2. The Morgan fingerprint density at radius 1 is 1.40 bits per heavy atom. The number of nitrogens with one attached hydrogen (secondary N) is 1. The highest BCUT2D eigenvalue weighted by Crippen LogP contribution is 2.24. The second-order valence-corrected chi connectivity index (χ2v) is 6.99. The monoisotopic (exact) mass is 339 g/mol. The van der Waals surface area contributed by atoms with Crippen molar-refractivity contribution >= 4 is 27.7 Å². The lowest BCUT2D eigenvalue weighted by Gasteiger charge is -2.38. The second kappa shape index (κ2) is 5.52. The predicted molar refractivity (Wildman–Crippen MR) is 78.7 cm³/mol. The molecule has 1 aromatic rings. The zero-order chi connectivity index (χ0) is 14.9. The van der Waals surface area contributed by atoms with E-state index >= 15 is 0 Å². The fourth-order valence-corrected chi connectivity index (χ4v) is 2.60. The summed E-state index contributed by atoms with van der Waals surface area (Å²) in [5.74, 6) is -0.162. The van der Waals surface area contributed by atoms with Crippen LogP contribution in [-0.4, -0.2) is 34.3 Å². The van der Waals surface area contributed by atoms with Crippen LogP contribution in [0.2, 0.25) is 0 Å². The van der Waals surface area contributed by atoms with Crippen LogP contribution in [0.1, 0.15) is 26.3 Å². The Morgan fingerprint density at radius 2 is 2.10 bits per heavy atom. The van der Waals surface area contributed by atoms with Gasteiger partial charge in [0.2, 0.25) is 11.8 Å². The van der Waals surface area contributed by atoms with E-state index in [4.69, 9.17) is 0 Å². The lowest BCUT2D eigenvalue weighted by atomic mass is 9.84. The number of hydrogen-bond donors (Lipinski definition) is 1. The van der Waals surface area contributed by atoms with Gasteiger partial charge in [-0.1, -0.05) is 20.8 Å². The summed E-state index contributed by atoms with van der Waals surface area (Å²) >= 11 is 3.35. The Bertz CT molecular complexity index is 539. The number of carbonyl (C=O) groups is 2. The lowest BCUT2D eigenvalue weighted by molar-refractivity contribution is -0.147. The van der Waals surface area contributed by atoms with E-state index in [2.05, 4.69) is 26.2 Å². The average Bonchev–Trinajstić information content (AvgIpc) is 2.32. The van der Waals surface area contributed by atoms with Crippen molar-refractivity contribution in [1.29, 1.82) is 0 Å². The first kappa shape index (κ1) is 15.0. The molecule has 1 fully saturated rings. The van der Waals surface area contributed by atoms with E-state index in [1.54, 1.807) is 17.3 Å². The van der Waals surface area contributed by atoms with Crippen molar-refractivity contribution in [3.63, 3.8) is 0 Å². The first-order valence-electron chi connectivity index (χ1n) is 6.45. The number of amides is 2. The maximum Gasteiger partial charge on any atom is 0.246 e. The van der Waals surface area contributed by atoms with Crippen LogP contribution in [-0.2, 0) is 16.1 Å². The van der Waals surface area contributed by atoms with Crippen LogP contribution in [0.5, 0.6) is 0 Å². The molecule has 0 aromatic carbocycles. The molecule has 2 amide bonds. The summed E-state index contributed by atoms with van der Waals surface area (Å²) in [6, 6.07) is 1.42. The number of pyridine rings is 1. The van der Waals surface area contributed by atoms with Gasteiger partial charge in [0.1, 0.15) is 6.04 Å². The van der Waals surface area contributed by atoms with Gasteiger partial charge in [0, 0.05) is 23.4 Å². The van der Waals surface area contributed by atoms with Gasteiger partial charge in [0.05, 0.1) is 6.54 Å². The molecule has 1 aliphatic rings. The third-order valence-corrected chi connectivity index (χ3v) is 3.63. The Balaban J connectivity index is 2.18. The fourth-order valence-electron chi connectivity index (χ4n) is 2.19. The quantitative estimate of drug-likeness (QED) is 0.892. The van der Waals surface area contributed by atoms with Gasteiger partial charge in [0.15, 0.2) is 0 Å². The molecule has 1 unspecified atom stereocenters. The van der Waals surface area contributed by atoms with E-state index in [-0.39, 0.29) is 23.8 Å². The van der Waals surface area contributed by atoms with E-state index in [1.807, 2.05) is 26.8 Å². The number of piperazine rings is 1. The summed E-state index contributed by atoms with van der Waals surface area (Å²) in [5, 5.41) is 2.78. The highest BCUT2D eigenvalue weighted by molar-refractivity contribution is 9.10. The molecule has 1 atom stereocenters. The Morgan fingerprint density at radius 3 is 2.70 bits per heavy atom. The molecule has 5 nitrogen and oxygen atoms in total. The van der Waals surface area contributed by atoms with Crippen molar-refractivity contribution in [2.45, 2.75) is 33.4 Å². The van der Waals surface area contributed by atoms with Crippen LogP contribution in [0, 0.1) is 5.41 Å². The number of nitrogens with zero attached hydrogens (tertiary/aromatic N) is 2. The molecule has 0 saturated carbocycles. The number of aromatic nitrogens is 1. The maximum atomic E-state index is 12.5. The molecule has 2 heterocycles. The summed E-state index contributed by atoms with van der Waals surface area (Å²) in [4.78, 5) is 29.9. The summed E-state index contributed by atoms with van der Waals surface area (Å²) in [5.41, 5.74) is 0.594. The summed E-state index contributed by atoms with van der Waals surface area (Å²) in [7, 11) is 0. The van der Waals surface area contributed by atoms with E-state index in [9.17, 15) is 9.59 Å². The fraction of sp³-hybridized carbons (Fsp3) is 0.500. The highest BCUT2D eigenvalue weighted by Gasteiger charge is 2.39. The van der Waals surface area contributed by atoms with Crippen molar-refractivity contribution in [2.75, 3.05) is 6.54 Å². The summed E-state index contributed by atoms with van der Waals surface area (Å²) in [6.45, 7) is 6.32. The Kier molecular flexibility index (Phi) is 4.13. The number of halogens is 1. The molecule has 2 rings (SSSR count). The Hall–Kier alpha value is -1.43. The van der Waals surface area contributed by atoms with Crippen LogP contribution in [0.4, 0.5) is 0 Å². The molecule has 108 valence electrons. The number of rotatable bonds is 2. The highest BCUT2D eigenvalue weighted by atomic mass is 79.9. The van der Waals surface area contributed by atoms with Crippen LogP contribution in [0.25, 0.3) is 0 Å². The topological polar surface area (TPSA) is 62.3 Å². The predicted octanol–water partition coefficient (Wildman–Crippen LogP) is 1.72. The minimum absolute atomic E-state index is 0.0444.